The number of thiazole rings is 1. The van der Waals surface area contributed by atoms with Gasteiger partial charge in [-0.2, -0.15) is 0 Å². The molecule has 0 aliphatic carbocycles. The number of carboxylic acid groups (broad SMARTS) is 1. The second-order valence-corrected chi connectivity index (χ2v) is 11.3. The Bertz CT molecular complexity index is 1290. The Morgan fingerprint density at radius 3 is 2.83 bits per heavy atom. The lowest BCUT2D eigenvalue weighted by atomic mass is 10.0. The van der Waals surface area contributed by atoms with Crippen molar-refractivity contribution in [2.75, 3.05) is 23.8 Å². The summed E-state index contributed by atoms with van der Waals surface area (Å²) >= 11 is 4.82. The van der Waals surface area contributed by atoms with Gasteiger partial charge in [-0.3, -0.25) is 19.9 Å². The maximum absolute atomic E-state index is 13.0. The molecule has 0 radical (unpaired) electrons. The van der Waals surface area contributed by atoms with E-state index in [0.29, 0.717) is 15.7 Å². The van der Waals surface area contributed by atoms with E-state index in [1.807, 2.05) is 0 Å². The highest BCUT2D eigenvalue weighted by Gasteiger charge is 2.54. The summed E-state index contributed by atoms with van der Waals surface area (Å²) in [5, 5.41) is 32.9. The molecule has 0 bridgehead atoms. The number of β-lactam (4-membered cyclic amide) rings is 1. The minimum atomic E-state index is -1.24. The molecule has 0 saturated carbocycles. The molecular formula is C18H19N9O5S4. The molecule has 2 aliphatic rings. The van der Waals surface area contributed by atoms with Crippen molar-refractivity contribution in [2.24, 2.45) is 10.9 Å². The monoisotopic (exact) mass is 569 g/mol. The van der Waals surface area contributed by atoms with Gasteiger partial charge in [0.15, 0.2) is 26.0 Å². The Balaban J connectivity index is 1.48. The van der Waals surface area contributed by atoms with Crippen LogP contribution in [-0.4, -0.2) is 84.0 Å². The first-order valence-electron chi connectivity index (χ1n) is 10.1. The van der Waals surface area contributed by atoms with Crippen LogP contribution >= 0.6 is 46.2 Å². The fourth-order valence-corrected chi connectivity index (χ4v) is 7.01. The maximum Gasteiger partial charge on any atom is 0.352 e. The summed E-state index contributed by atoms with van der Waals surface area (Å²) in [7, 11) is 0. The molecule has 36 heavy (non-hydrogen) atoms. The third-order valence-corrected chi connectivity index (χ3v) is 9.00. The van der Waals surface area contributed by atoms with Crippen molar-refractivity contribution < 1.29 is 24.3 Å². The lowest BCUT2D eigenvalue weighted by Gasteiger charge is -2.49. The molecule has 2 aromatic rings. The summed E-state index contributed by atoms with van der Waals surface area (Å²) in [4.78, 5) is 48.2. The van der Waals surface area contributed by atoms with Crippen LogP contribution < -0.4 is 16.8 Å². The average Bonchev–Trinajstić information content (AvgIpc) is 3.50. The maximum atomic E-state index is 13.0. The van der Waals surface area contributed by atoms with Gasteiger partial charge in [0, 0.05) is 16.9 Å². The number of amidine groups is 1. The second kappa shape index (κ2) is 10.8. The largest absolute Gasteiger partial charge is 0.477 e. The lowest BCUT2D eigenvalue weighted by Crippen LogP contribution is -2.71. The minimum Gasteiger partial charge on any atom is -0.477 e. The normalized spacial score (nSPS) is 19.5. The fourth-order valence-electron chi connectivity index (χ4n) is 3.26. The van der Waals surface area contributed by atoms with Crippen molar-refractivity contribution in [3.63, 3.8) is 0 Å². The molecule has 1 saturated heterocycles. The van der Waals surface area contributed by atoms with Crippen LogP contribution in [0.25, 0.3) is 0 Å². The number of fused-ring (bicyclic) bond motifs is 1. The van der Waals surface area contributed by atoms with Crippen LogP contribution in [0.15, 0.2) is 26.1 Å². The van der Waals surface area contributed by atoms with Crippen LogP contribution in [0.2, 0.25) is 0 Å². The molecule has 1 fully saturated rings. The summed E-state index contributed by atoms with van der Waals surface area (Å²) in [5.41, 5.74) is 11.5. The van der Waals surface area contributed by atoms with Gasteiger partial charge in [-0.05, 0) is 12.5 Å². The minimum absolute atomic E-state index is 0.117. The van der Waals surface area contributed by atoms with Gasteiger partial charge in [0.25, 0.3) is 11.8 Å². The Hall–Kier alpha value is -3.22. The van der Waals surface area contributed by atoms with Crippen LogP contribution in [-0.2, 0) is 19.2 Å². The molecule has 2 aromatic heterocycles. The van der Waals surface area contributed by atoms with E-state index in [-0.39, 0.29) is 45.4 Å². The van der Waals surface area contributed by atoms with E-state index in [0.717, 1.165) is 22.7 Å². The number of thioether (sulfide) groups is 2. The molecular weight excluding hydrogens is 551 g/mol. The van der Waals surface area contributed by atoms with E-state index in [1.54, 1.807) is 12.3 Å². The number of carboxylic acids is 1. The van der Waals surface area contributed by atoms with Crippen LogP contribution in [0.4, 0.5) is 5.13 Å². The topological polar surface area (TPSA) is 223 Å². The third kappa shape index (κ3) is 5.15. The average molecular weight is 570 g/mol. The highest BCUT2D eigenvalue weighted by molar-refractivity contribution is 8.01. The lowest BCUT2D eigenvalue weighted by molar-refractivity contribution is -0.150. The second-order valence-electron chi connectivity index (χ2n) is 7.12. The number of hydrogen-bond acceptors (Lipinski definition) is 14. The number of nitrogen functional groups attached to an aromatic ring is 2. The molecule has 18 heteroatoms. The smallest absolute Gasteiger partial charge is 0.352 e. The van der Waals surface area contributed by atoms with Gasteiger partial charge in [0.05, 0.1) is 0 Å². The number of hydrogen-bond donors (Lipinski definition) is 5. The summed E-state index contributed by atoms with van der Waals surface area (Å²) in [6.45, 7) is 1.91. The third-order valence-electron chi connectivity index (χ3n) is 4.81. The Labute approximate surface area is 220 Å². The summed E-state index contributed by atoms with van der Waals surface area (Å²) < 4.78 is 0.522. The quantitative estimate of drug-likeness (QED) is 0.0847. The van der Waals surface area contributed by atoms with Crippen LogP contribution in [0.1, 0.15) is 17.6 Å². The van der Waals surface area contributed by atoms with E-state index in [1.165, 1.54) is 28.4 Å². The van der Waals surface area contributed by atoms with Gasteiger partial charge >= 0.3 is 5.97 Å². The predicted octanol–water partition coefficient (Wildman–Crippen LogP) is 0.132. The molecule has 190 valence electrons. The van der Waals surface area contributed by atoms with Crippen molar-refractivity contribution in [3.8, 4) is 0 Å². The van der Waals surface area contributed by atoms with Crippen molar-refractivity contribution in [1.82, 2.24) is 25.4 Å². The van der Waals surface area contributed by atoms with Gasteiger partial charge in [-0.1, -0.05) is 28.3 Å². The highest BCUT2D eigenvalue weighted by Crippen LogP contribution is 2.41. The summed E-state index contributed by atoms with van der Waals surface area (Å²) in [6.07, 6.45) is 0. The van der Waals surface area contributed by atoms with Crippen molar-refractivity contribution in [2.45, 2.75) is 22.7 Å². The number of aromatic nitrogens is 3. The van der Waals surface area contributed by atoms with E-state index in [9.17, 15) is 19.5 Å². The van der Waals surface area contributed by atoms with Gasteiger partial charge in [-0.25, -0.2) is 9.78 Å². The number of oxime groups is 1. The predicted molar refractivity (Wildman–Crippen MR) is 136 cm³/mol. The van der Waals surface area contributed by atoms with Gasteiger partial charge in [0.1, 0.15) is 29.4 Å². The van der Waals surface area contributed by atoms with Gasteiger partial charge in [0.2, 0.25) is 0 Å². The number of nitrogens with one attached hydrogen (secondary N) is 2. The number of nitrogens with zero attached hydrogens (tertiary/aromatic N) is 5. The SMILES string of the molecule is CCO/N=C(\C(=O)N[C@@H]1C(=O)N2C(C(=O)O)=C(CSc3nnc(C(=N)N)s3)CS[C@@H]12)c1csc(N)n1. The zero-order valence-corrected chi connectivity index (χ0v) is 21.7. The Morgan fingerprint density at radius 2 is 2.22 bits per heavy atom. The van der Waals surface area contributed by atoms with Crippen LogP contribution in [0.5, 0.6) is 0 Å². The summed E-state index contributed by atoms with van der Waals surface area (Å²) in [5.74, 6) is -2.10. The number of amides is 2. The molecule has 0 aromatic carbocycles. The van der Waals surface area contributed by atoms with E-state index < -0.39 is 29.2 Å². The number of aliphatic carboxylic acids is 1. The Kier molecular flexibility index (Phi) is 7.76. The number of rotatable bonds is 10. The van der Waals surface area contributed by atoms with Crippen molar-refractivity contribution in [1.29, 1.82) is 5.41 Å². The first-order valence-corrected chi connectivity index (χ1v) is 13.9. The molecule has 2 amide bonds. The first-order chi connectivity index (χ1) is 17.2. The molecule has 4 heterocycles. The molecule has 14 nitrogen and oxygen atoms in total. The van der Waals surface area contributed by atoms with E-state index >= 15 is 0 Å². The highest BCUT2D eigenvalue weighted by atomic mass is 32.2. The van der Waals surface area contributed by atoms with Crippen molar-refractivity contribution >= 4 is 80.7 Å². The van der Waals surface area contributed by atoms with E-state index in [4.69, 9.17) is 21.7 Å². The molecule has 2 atom stereocenters. The van der Waals surface area contributed by atoms with Gasteiger partial charge in [-0.15, -0.1) is 33.3 Å². The number of nitrogens with two attached hydrogens (primary N) is 2. The molecule has 4 rings (SSSR count). The number of anilines is 1. The Morgan fingerprint density at radius 1 is 1.44 bits per heavy atom. The van der Waals surface area contributed by atoms with Crippen LogP contribution in [0.3, 0.4) is 0 Å². The first kappa shape index (κ1) is 25.9. The molecule has 0 spiro atoms. The zero-order valence-electron chi connectivity index (χ0n) is 18.5. The van der Waals surface area contributed by atoms with Crippen molar-refractivity contribution in [3.05, 3.63) is 27.4 Å². The fraction of sp³-hybridized carbons (Fsp3) is 0.333. The van der Waals surface area contributed by atoms with E-state index in [2.05, 4.69) is 25.7 Å². The molecule has 2 aliphatic heterocycles. The number of carbonyl (C=O) groups excluding carboxylic acids is 2. The number of carbonyl (C=O) groups is 3. The summed E-state index contributed by atoms with van der Waals surface area (Å²) in [6, 6.07) is -0.949. The molecule has 7 N–H and O–H groups in total. The molecule has 0 unspecified atom stereocenters. The standard InChI is InChI=1S/C18H19N9O5S4/c1-2-32-26-8(7-5-34-17(21)22-7)12(28)23-9-14(29)27-10(16(30)31)6(3-33-15(9)27)4-35-18-25-24-13(36-18)11(19)20/h5,9,15H,2-4H2,1H3,(H3,19,20)(H2,21,22)(H,23,28)(H,30,31)/b26-8-/t9-,15+/m1/s1. The van der Waals surface area contributed by atoms with Crippen LogP contribution in [0, 0.1) is 5.41 Å². The van der Waals surface area contributed by atoms with Gasteiger partial charge < -0.3 is 26.7 Å². The zero-order chi connectivity index (χ0) is 26.0.